The Morgan fingerprint density at radius 2 is 1.94 bits per heavy atom. The van der Waals surface area contributed by atoms with Gasteiger partial charge in [0, 0.05) is 12.1 Å². The molecular weight excluding hydrogens is 226 g/mol. The summed E-state index contributed by atoms with van der Waals surface area (Å²) in [5.41, 5.74) is 0.730. The third-order valence-corrected chi connectivity index (χ3v) is 4.35. The summed E-state index contributed by atoms with van der Waals surface area (Å²) in [6, 6.07) is 9.42. The zero-order valence-corrected chi connectivity index (χ0v) is 10.5. The van der Waals surface area contributed by atoms with Gasteiger partial charge in [0.2, 0.25) is 0 Å². The first-order chi connectivity index (χ1) is 8.75. The average molecular weight is 245 g/mol. The standard InChI is InChI=1S/C15H19NO2/c17-14-7-6-11-8-9-16(13(14)10-11)15(18)12-4-2-1-3-5-12/h1-5,11,13-14,17H,6-10H2/t11-,13-,14+/m0/s1. The molecule has 1 aliphatic heterocycles. The van der Waals surface area contributed by atoms with Crippen LogP contribution in [0.3, 0.4) is 0 Å². The highest BCUT2D eigenvalue weighted by Crippen LogP contribution is 2.35. The lowest BCUT2D eigenvalue weighted by atomic mass is 9.78. The van der Waals surface area contributed by atoms with Gasteiger partial charge in [-0.2, -0.15) is 0 Å². The van der Waals surface area contributed by atoms with Crippen molar-refractivity contribution in [2.24, 2.45) is 5.92 Å². The number of piperidine rings is 1. The predicted molar refractivity (Wildman–Crippen MR) is 69.2 cm³/mol. The van der Waals surface area contributed by atoms with E-state index in [0.29, 0.717) is 5.92 Å². The molecule has 0 aromatic heterocycles. The van der Waals surface area contributed by atoms with Crippen LogP contribution in [-0.4, -0.2) is 34.6 Å². The number of carbonyl (C=O) groups excluding carboxylic acids is 1. The second kappa shape index (κ2) is 4.73. The lowest BCUT2D eigenvalue weighted by Gasteiger charge is -2.45. The Bertz CT molecular complexity index is 431. The monoisotopic (exact) mass is 245 g/mol. The van der Waals surface area contributed by atoms with Crippen molar-refractivity contribution in [3.63, 3.8) is 0 Å². The molecule has 2 aliphatic rings. The maximum atomic E-state index is 12.5. The molecule has 1 saturated carbocycles. The van der Waals surface area contributed by atoms with Gasteiger partial charge >= 0.3 is 0 Å². The highest BCUT2D eigenvalue weighted by molar-refractivity contribution is 5.94. The van der Waals surface area contributed by atoms with Crippen LogP contribution in [-0.2, 0) is 0 Å². The summed E-state index contributed by atoms with van der Waals surface area (Å²) in [7, 11) is 0. The van der Waals surface area contributed by atoms with Gasteiger partial charge in [-0.3, -0.25) is 4.79 Å². The number of aliphatic hydroxyl groups is 1. The number of benzene rings is 1. The van der Waals surface area contributed by atoms with E-state index in [1.165, 1.54) is 0 Å². The van der Waals surface area contributed by atoms with E-state index in [1.807, 2.05) is 35.2 Å². The van der Waals surface area contributed by atoms with Gasteiger partial charge in [0.1, 0.15) is 0 Å². The smallest absolute Gasteiger partial charge is 0.254 e. The van der Waals surface area contributed by atoms with Crippen LogP contribution in [0.15, 0.2) is 30.3 Å². The molecule has 3 atom stereocenters. The van der Waals surface area contributed by atoms with E-state index in [1.54, 1.807) is 0 Å². The fourth-order valence-electron chi connectivity index (χ4n) is 3.30. The first-order valence-electron chi connectivity index (χ1n) is 6.80. The Balaban J connectivity index is 1.81. The van der Waals surface area contributed by atoms with Gasteiger partial charge in [0.15, 0.2) is 0 Å². The Labute approximate surface area is 107 Å². The number of aliphatic hydroxyl groups excluding tert-OH is 1. The summed E-state index contributed by atoms with van der Waals surface area (Å²) in [6.07, 6.45) is 3.68. The first-order valence-corrected chi connectivity index (χ1v) is 6.80. The zero-order chi connectivity index (χ0) is 12.5. The van der Waals surface area contributed by atoms with Crippen molar-refractivity contribution in [1.82, 2.24) is 4.90 Å². The fourth-order valence-corrected chi connectivity index (χ4v) is 3.30. The summed E-state index contributed by atoms with van der Waals surface area (Å²) in [5, 5.41) is 10.1. The maximum Gasteiger partial charge on any atom is 0.254 e. The van der Waals surface area contributed by atoms with Gasteiger partial charge < -0.3 is 10.0 Å². The van der Waals surface area contributed by atoms with Gasteiger partial charge in [-0.05, 0) is 43.7 Å². The largest absolute Gasteiger partial charge is 0.391 e. The van der Waals surface area contributed by atoms with Crippen molar-refractivity contribution in [1.29, 1.82) is 0 Å². The maximum absolute atomic E-state index is 12.5. The molecule has 96 valence electrons. The molecule has 0 spiro atoms. The number of amides is 1. The highest BCUT2D eigenvalue weighted by Gasteiger charge is 2.39. The number of hydrogen-bond donors (Lipinski definition) is 1. The molecule has 2 bridgehead atoms. The van der Waals surface area contributed by atoms with E-state index in [2.05, 4.69) is 0 Å². The molecule has 1 aromatic rings. The molecule has 18 heavy (non-hydrogen) atoms. The van der Waals surface area contributed by atoms with Crippen molar-refractivity contribution in [2.75, 3.05) is 6.54 Å². The summed E-state index contributed by atoms with van der Waals surface area (Å²) in [6.45, 7) is 0.792. The highest BCUT2D eigenvalue weighted by atomic mass is 16.3. The van der Waals surface area contributed by atoms with Crippen LogP contribution in [0, 0.1) is 5.92 Å². The number of nitrogens with zero attached hydrogens (tertiary/aromatic N) is 1. The van der Waals surface area contributed by atoms with Gasteiger partial charge in [-0.25, -0.2) is 0 Å². The third kappa shape index (κ3) is 2.03. The average Bonchev–Trinajstić information content (AvgIpc) is 2.44. The Morgan fingerprint density at radius 1 is 1.17 bits per heavy atom. The van der Waals surface area contributed by atoms with E-state index in [-0.39, 0.29) is 18.1 Å². The molecule has 2 fully saturated rings. The molecule has 1 aliphatic carbocycles. The van der Waals surface area contributed by atoms with E-state index in [4.69, 9.17) is 0 Å². The van der Waals surface area contributed by atoms with Crippen LogP contribution in [0.2, 0.25) is 0 Å². The van der Waals surface area contributed by atoms with Gasteiger partial charge in [0.05, 0.1) is 12.1 Å². The van der Waals surface area contributed by atoms with Crippen LogP contribution in [0.25, 0.3) is 0 Å². The van der Waals surface area contributed by atoms with Crippen LogP contribution in [0.5, 0.6) is 0 Å². The molecule has 0 radical (unpaired) electrons. The van der Waals surface area contributed by atoms with Crippen LogP contribution in [0.1, 0.15) is 36.0 Å². The molecular formula is C15H19NO2. The molecule has 1 aromatic carbocycles. The number of hydrogen-bond acceptors (Lipinski definition) is 2. The van der Waals surface area contributed by atoms with E-state index < -0.39 is 0 Å². The Morgan fingerprint density at radius 3 is 2.72 bits per heavy atom. The molecule has 3 nitrogen and oxygen atoms in total. The SMILES string of the molecule is O=C(c1ccccc1)N1CC[C@@H]2CC[C@@H](O)[C@@H]1C2. The molecule has 0 unspecified atom stereocenters. The molecule has 1 heterocycles. The third-order valence-electron chi connectivity index (χ3n) is 4.35. The number of carbonyl (C=O) groups is 1. The van der Waals surface area contributed by atoms with Crippen LogP contribution in [0.4, 0.5) is 0 Å². The predicted octanol–water partition coefficient (Wildman–Crippen LogP) is 2.06. The molecule has 3 rings (SSSR count). The number of likely N-dealkylation sites (tertiary alicyclic amines) is 1. The molecule has 1 amide bonds. The Kier molecular flexibility index (Phi) is 3.08. The zero-order valence-electron chi connectivity index (χ0n) is 10.5. The van der Waals surface area contributed by atoms with E-state index in [9.17, 15) is 9.90 Å². The van der Waals surface area contributed by atoms with Gasteiger partial charge in [-0.1, -0.05) is 18.2 Å². The summed E-state index contributed by atoms with van der Waals surface area (Å²) < 4.78 is 0. The number of rotatable bonds is 1. The van der Waals surface area contributed by atoms with Gasteiger partial charge in [-0.15, -0.1) is 0 Å². The van der Waals surface area contributed by atoms with Crippen molar-refractivity contribution >= 4 is 5.91 Å². The quantitative estimate of drug-likeness (QED) is 0.822. The van der Waals surface area contributed by atoms with E-state index >= 15 is 0 Å². The summed E-state index contributed by atoms with van der Waals surface area (Å²) in [5.74, 6) is 0.776. The minimum absolute atomic E-state index is 0.0326. The lowest BCUT2D eigenvalue weighted by molar-refractivity contribution is -0.0184. The second-order valence-corrected chi connectivity index (χ2v) is 5.47. The van der Waals surface area contributed by atoms with Crippen molar-refractivity contribution < 1.29 is 9.90 Å². The first kappa shape index (κ1) is 11.7. The topological polar surface area (TPSA) is 40.5 Å². The molecule has 3 heteroatoms. The summed E-state index contributed by atoms with van der Waals surface area (Å²) >= 11 is 0. The van der Waals surface area contributed by atoms with E-state index in [0.717, 1.165) is 37.8 Å². The van der Waals surface area contributed by atoms with Crippen molar-refractivity contribution in [3.05, 3.63) is 35.9 Å². The minimum Gasteiger partial charge on any atom is -0.391 e. The molecule has 1 saturated heterocycles. The second-order valence-electron chi connectivity index (χ2n) is 5.47. The van der Waals surface area contributed by atoms with Crippen molar-refractivity contribution in [3.8, 4) is 0 Å². The van der Waals surface area contributed by atoms with Crippen LogP contribution >= 0.6 is 0 Å². The summed E-state index contributed by atoms with van der Waals surface area (Å²) in [4.78, 5) is 14.3. The fraction of sp³-hybridized carbons (Fsp3) is 0.533. The normalized spacial score (nSPS) is 31.2. The van der Waals surface area contributed by atoms with Crippen molar-refractivity contribution in [2.45, 2.75) is 37.8 Å². The van der Waals surface area contributed by atoms with Gasteiger partial charge in [0.25, 0.3) is 5.91 Å². The lowest BCUT2D eigenvalue weighted by Crippen LogP contribution is -2.54. The van der Waals surface area contributed by atoms with Crippen LogP contribution < -0.4 is 0 Å². The number of fused-ring (bicyclic) bond motifs is 2. The minimum atomic E-state index is -0.339. The Hall–Kier alpha value is -1.35. The molecule has 1 N–H and O–H groups in total.